The summed E-state index contributed by atoms with van der Waals surface area (Å²) in [4.78, 5) is 14.6. The molecule has 2 aliphatic heterocycles. The van der Waals surface area contributed by atoms with Gasteiger partial charge in [-0.05, 0) is 24.8 Å². The van der Waals surface area contributed by atoms with E-state index in [0.29, 0.717) is 12.1 Å². The van der Waals surface area contributed by atoms with Crippen LogP contribution in [0.2, 0.25) is 0 Å². The highest BCUT2D eigenvalue weighted by Crippen LogP contribution is 2.31. The first kappa shape index (κ1) is 14.2. The maximum atomic E-state index is 12.1. The number of nitrogens with one attached hydrogen (secondary N) is 1. The minimum absolute atomic E-state index is 0.165. The van der Waals surface area contributed by atoms with Crippen LogP contribution in [0, 0.1) is 5.92 Å². The fourth-order valence-electron chi connectivity index (χ4n) is 3.84. The number of carbonyl (C=O) groups is 1. The molecular weight excluding hydrogens is 276 g/mol. The number of rotatable bonds is 3. The van der Waals surface area contributed by atoms with Gasteiger partial charge in [-0.2, -0.15) is 0 Å². The lowest BCUT2D eigenvalue weighted by Crippen LogP contribution is -2.44. The number of benzene rings is 1. The number of morpholine rings is 1. The van der Waals surface area contributed by atoms with E-state index in [0.717, 1.165) is 39.0 Å². The molecule has 3 fully saturated rings. The zero-order valence-corrected chi connectivity index (χ0v) is 12.9. The molecule has 1 aromatic rings. The van der Waals surface area contributed by atoms with Crippen molar-refractivity contribution in [3.63, 3.8) is 0 Å². The zero-order chi connectivity index (χ0) is 14.9. The number of nitrogens with zero attached hydrogens (tertiary/aromatic N) is 1. The highest BCUT2D eigenvalue weighted by atomic mass is 16.5. The molecule has 0 spiro atoms. The van der Waals surface area contributed by atoms with E-state index >= 15 is 0 Å². The van der Waals surface area contributed by atoms with E-state index in [1.54, 1.807) is 0 Å². The van der Waals surface area contributed by atoms with Gasteiger partial charge in [0, 0.05) is 31.1 Å². The third-order valence-electron chi connectivity index (χ3n) is 5.41. The van der Waals surface area contributed by atoms with Crippen LogP contribution < -0.4 is 5.32 Å². The topological polar surface area (TPSA) is 41.6 Å². The van der Waals surface area contributed by atoms with Gasteiger partial charge in [-0.25, -0.2) is 0 Å². The van der Waals surface area contributed by atoms with Gasteiger partial charge in [0.1, 0.15) is 0 Å². The molecule has 2 saturated heterocycles. The molecule has 4 heteroatoms. The Hall–Kier alpha value is -1.39. The average Bonchev–Trinajstić information content (AvgIpc) is 2.87. The van der Waals surface area contributed by atoms with E-state index in [2.05, 4.69) is 34.5 Å². The van der Waals surface area contributed by atoms with Crippen LogP contribution in [-0.4, -0.2) is 42.6 Å². The van der Waals surface area contributed by atoms with Crippen LogP contribution in [-0.2, 0) is 9.53 Å². The van der Waals surface area contributed by atoms with Crippen LogP contribution in [0.5, 0.6) is 0 Å². The molecule has 3 aliphatic rings. The molecule has 2 heterocycles. The Morgan fingerprint density at radius 1 is 1.18 bits per heavy atom. The third-order valence-corrected chi connectivity index (χ3v) is 5.41. The molecule has 0 radical (unpaired) electrons. The lowest BCUT2D eigenvalue weighted by Gasteiger charge is -2.35. The van der Waals surface area contributed by atoms with Crippen molar-refractivity contribution >= 4 is 5.91 Å². The van der Waals surface area contributed by atoms with Gasteiger partial charge >= 0.3 is 0 Å². The van der Waals surface area contributed by atoms with E-state index in [-0.39, 0.29) is 17.9 Å². The lowest BCUT2D eigenvalue weighted by atomic mass is 9.84. The SMILES string of the molecule is O=C(N[C@@H]1C[C@H]2CO[C@@H](c3ccccc3)CN2C1)C1CCC1. The minimum atomic E-state index is 0.165. The van der Waals surface area contributed by atoms with Crippen molar-refractivity contribution in [1.29, 1.82) is 0 Å². The summed E-state index contributed by atoms with van der Waals surface area (Å²) >= 11 is 0. The molecule has 0 bridgehead atoms. The summed E-state index contributed by atoms with van der Waals surface area (Å²) in [6.07, 6.45) is 4.55. The molecule has 1 amide bonds. The quantitative estimate of drug-likeness (QED) is 0.929. The van der Waals surface area contributed by atoms with Crippen molar-refractivity contribution in [2.24, 2.45) is 5.92 Å². The van der Waals surface area contributed by atoms with Crippen molar-refractivity contribution in [2.45, 2.75) is 43.9 Å². The fourth-order valence-corrected chi connectivity index (χ4v) is 3.84. The predicted molar refractivity (Wildman–Crippen MR) is 84.4 cm³/mol. The summed E-state index contributed by atoms with van der Waals surface area (Å²) < 4.78 is 6.06. The largest absolute Gasteiger partial charge is 0.371 e. The number of carbonyl (C=O) groups excluding carboxylic acids is 1. The Kier molecular flexibility index (Phi) is 3.89. The second-order valence-electron chi connectivity index (χ2n) is 6.91. The van der Waals surface area contributed by atoms with Crippen molar-refractivity contribution in [2.75, 3.05) is 19.7 Å². The van der Waals surface area contributed by atoms with E-state index in [9.17, 15) is 4.79 Å². The van der Waals surface area contributed by atoms with Crippen molar-refractivity contribution in [3.05, 3.63) is 35.9 Å². The molecule has 4 rings (SSSR count). The summed E-state index contributed by atoms with van der Waals surface area (Å²) in [6.45, 7) is 2.68. The molecule has 3 atom stereocenters. The van der Waals surface area contributed by atoms with Gasteiger partial charge in [-0.3, -0.25) is 9.69 Å². The molecule has 1 saturated carbocycles. The fraction of sp³-hybridized carbons (Fsp3) is 0.611. The molecule has 118 valence electrons. The average molecular weight is 300 g/mol. The maximum Gasteiger partial charge on any atom is 0.223 e. The van der Waals surface area contributed by atoms with Crippen LogP contribution in [0.25, 0.3) is 0 Å². The maximum absolute atomic E-state index is 12.1. The Morgan fingerprint density at radius 3 is 2.73 bits per heavy atom. The highest BCUT2D eigenvalue weighted by Gasteiger charge is 2.39. The van der Waals surface area contributed by atoms with Crippen LogP contribution in [0.1, 0.15) is 37.4 Å². The first-order valence-electron chi connectivity index (χ1n) is 8.50. The molecular formula is C18H24N2O2. The molecule has 0 aromatic heterocycles. The summed E-state index contributed by atoms with van der Waals surface area (Å²) in [7, 11) is 0. The number of amides is 1. The highest BCUT2D eigenvalue weighted by molar-refractivity contribution is 5.79. The Bertz CT molecular complexity index is 529. The number of ether oxygens (including phenoxy) is 1. The van der Waals surface area contributed by atoms with E-state index in [1.807, 2.05) is 6.07 Å². The van der Waals surface area contributed by atoms with Crippen LogP contribution >= 0.6 is 0 Å². The van der Waals surface area contributed by atoms with Gasteiger partial charge in [0.15, 0.2) is 0 Å². The van der Waals surface area contributed by atoms with Crippen molar-refractivity contribution in [3.8, 4) is 0 Å². The smallest absolute Gasteiger partial charge is 0.223 e. The molecule has 1 aromatic carbocycles. The summed E-state index contributed by atoms with van der Waals surface area (Å²) in [5.41, 5.74) is 1.25. The molecule has 1 aliphatic carbocycles. The van der Waals surface area contributed by atoms with Crippen LogP contribution in [0.3, 0.4) is 0 Å². The number of hydrogen-bond acceptors (Lipinski definition) is 3. The van der Waals surface area contributed by atoms with Crippen LogP contribution in [0.4, 0.5) is 0 Å². The van der Waals surface area contributed by atoms with Gasteiger partial charge in [0.25, 0.3) is 0 Å². The van der Waals surface area contributed by atoms with Gasteiger partial charge in [0.05, 0.1) is 12.7 Å². The third kappa shape index (κ3) is 2.77. The standard InChI is InChI=1S/C18H24N2O2/c21-18(14-7-4-8-14)19-15-9-16-12-22-17(11-20(16)10-15)13-5-2-1-3-6-13/h1-3,5-6,14-17H,4,7-12H2,(H,19,21)/t15-,16+,17-/m1/s1. The van der Waals surface area contributed by atoms with Crippen LogP contribution in [0.15, 0.2) is 30.3 Å². The number of fused-ring (bicyclic) bond motifs is 1. The molecule has 22 heavy (non-hydrogen) atoms. The van der Waals surface area contributed by atoms with E-state index in [4.69, 9.17) is 4.74 Å². The van der Waals surface area contributed by atoms with E-state index < -0.39 is 0 Å². The lowest BCUT2D eigenvalue weighted by molar-refractivity contribution is -0.128. The number of hydrogen-bond donors (Lipinski definition) is 1. The Labute approximate surface area is 131 Å². The molecule has 4 nitrogen and oxygen atoms in total. The first-order chi connectivity index (χ1) is 10.8. The second-order valence-corrected chi connectivity index (χ2v) is 6.91. The van der Waals surface area contributed by atoms with Crippen molar-refractivity contribution < 1.29 is 9.53 Å². The van der Waals surface area contributed by atoms with Gasteiger partial charge in [0.2, 0.25) is 5.91 Å². The zero-order valence-electron chi connectivity index (χ0n) is 12.9. The van der Waals surface area contributed by atoms with Crippen molar-refractivity contribution in [1.82, 2.24) is 10.2 Å². The Morgan fingerprint density at radius 2 is 2.00 bits per heavy atom. The minimum Gasteiger partial charge on any atom is -0.371 e. The molecule has 0 unspecified atom stereocenters. The van der Waals surface area contributed by atoms with Gasteiger partial charge in [-0.15, -0.1) is 0 Å². The predicted octanol–water partition coefficient (Wildman–Crippen LogP) is 2.12. The summed E-state index contributed by atoms with van der Waals surface area (Å²) in [5.74, 6) is 0.558. The van der Waals surface area contributed by atoms with E-state index in [1.165, 1.54) is 12.0 Å². The van der Waals surface area contributed by atoms with Gasteiger partial charge < -0.3 is 10.1 Å². The second kappa shape index (κ2) is 6.01. The molecule has 1 N–H and O–H groups in total. The normalized spacial score (nSPS) is 32.3. The Balaban J connectivity index is 1.34. The summed E-state index contributed by atoms with van der Waals surface area (Å²) in [5, 5.41) is 3.26. The monoisotopic (exact) mass is 300 g/mol. The summed E-state index contributed by atoms with van der Waals surface area (Å²) in [6, 6.07) is 11.2. The van der Waals surface area contributed by atoms with Gasteiger partial charge in [-0.1, -0.05) is 36.8 Å². The first-order valence-corrected chi connectivity index (χ1v) is 8.50.